The SMILES string of the molecule is CCc1ccc(C(=O)Nc2cn[nH]c2-c2cc3c(cn2)cnn3CC(C)(C)F)cc1. The number of H-pyrrole nitrogens is 1. The van der Waals surface area contributed by atoms with E-state index in [2.05, 4.69) is 32.5 Å². The predicted molar refractivity (Wildman–Crippen MR) is 114 cm³/mol. The van der Waals surface area contributed by atoms with Gasteiger partial charge in [0, 0.05) is 17.1 Å². The standard InChI is InChI=1S/C22H23FN6O/c1-4-14-5-7-15(8-6-14)21(30)27-18-12-25-28-20(18)17-9-19-16(10-24-17)11-26-29(19)13-22(2,3)23/h5-12H,4,13H2,1-3H3,(H,25,28)(H,27,30). The molecule has 2 N–H and O–H groups in total. The fraction of sp³-hybridized carbons (Fsp3) is 0.273. The van der Waals surface area contributed by atoms with Crippen molar-refractivity contribution < 1.29 is 9.18 Å². The smallest absolute Gasteiger partial charge is 0.255 e. The number of carbonyl (C=O) groups is 1. The number of fused-ring (bicyclic) bond motifs is 1. The van der Waals surface area contributed by atoms with Gasteiger partial charge in [0.1, 0.15) is 11.4 Å². The molecule has 1 aromatic carbocycles. The molecule has 0 atom stereocenters. The molecule has 30 heavy (non-hydrogen) atoms. The van der Waals surface area contributed by atoms with Gasteiger partial charge in [0.05, 0.1) is 35.8 Å². The summed E-state index contributed by atoms with van der Waals surface area (Å²) in [5.41, 5.74) is 2.75. The highest BCUT2D eigenvalue weighted by Gasteiger charge is 2.19. The average Bonchev–Trinajstić information content (AvgIpc) is 3.33. The Morgan fingerprint density at radius 1 is 1.20 bits per heavy atom. The summed E-state index contributed by atoms with van der Waals surface area (Å²) in [6.07, 6.45) is 5.79. The van der Waals surface area contributed by atoms with E-state index < -0.39 is 5.67 Å². The van der Waals surface area contributed by atoms with Crippen molar-refractivity contribution in [1.29, 1.82) is 0 Å². The molecule has 7 nitrogen and oxygen atoms in total. The van der Waals surface area contributed by atoms with Gasteiger partial charge in [0.2, 0.25) is 0 Å². The highest BCUT2D eigenvalue weighted by molar-refractivity contribution is 6.05. The number of aromatic amines is 1. The summed E-state index contributed by atoms with van der Waals surface area (Å²) in [5, 5.41) is 14.9. The molecule has 0 saturated carbocycles. The van der Waals surface area contributed by atoms with E-state index >= 15 is 0 Å². The molecule has 4 rings (SSSR count). The molecule has 0 saturated heterocycles. The van der Waals surface area contributed by atoms with Crippen LogP contribution in [0.2, 0.25) is 0 Å². The van der Waals surface area contributed by atoms with Crippen molar-refractivity contribution in [1.82, 2.24) is 25.0 Å². The van der Waals surface area contributed by atoms with Gasteiger partial charge in [-0.1, -0.05) is 19.1 Å². The molecule has 0 aliphatic heterocycles. The average molecular weight is 406 g/mol. The molecule has 0 spiro atoms. The number of amides is 1. The molecule has 0 fully saturated rings. The topological polar surface area (TPSA) is 88.5 Å². The van der Waals surface area contributed by atoms with E-state index in [1.807, 2.05) is 18.2 Å². The van der Waals surface area contributed by atoms with Gasteiger partial charge in [-0.2, -0.15) is 10.2 Å². The first-order chi connectivity index (χ1) is 14.3. The van der Waals surface area contributed by atoms with Gasteiger partial charge < -0.3 is 5.32 Å². The van der Waals surface area contributed by atoms with E-state index in [1.165, 1.54) is 19.4 Å². The number of carbonyl (C=O) groups excluding carboxylic acids is 1. The molecule has 0 aliphatic carbocycles. The molecule has 3 heterocycles. The number of hydrogen-bond acceptors (Lipinski definition) is 4. The van der Waals surface area contributed by atoms with E-state index in [4.69, 9.17) is 0 Å². The van der Waals surface area contributed by atoms with Gasteiger partial charge in [-0.3, -0.25) is 19.6 Å². The largest absolute Gasteiger partial charge is 0.319 e. The number of halogens is 1. The van der Waals surface area contributed by atoms with E-state index in [9.17, 15) is 9.18 Å². The minimum atomic E-state index is -1.40. The molecular formula is C22H23FN6O. The Balaban J connectivity index is 1.62. The van der Waals surface area contributed by atoms with Crippen LogP contribution < -0.4 is 5.32 Å². The van der Waals surface area contributed by atoms with E-state index in [0.29, 0.717) is 22.6 Å². The van der Waals surface area contributed by atoms with Gasteiger partial charge in [-0.05, 0) is 44.0 Å². The van der Waals surface area contributed by atoms with E-state index in [1.54, 1.807) is 35.4 Å². The monoisotopic (exact) mass is 406 g/mol. The molecule has 3 aromatic heterocycles. The molecular weight excluding hydrogens is 383 g/mol. The maximum absolute atomic E-state index is 14.1. The maximum Gasteiger partial charge on any atom is 0.255 e. The van der Waals surface area contributed by atoms with Crippen LogP contribution in [0.4, 0.5) is 10.1 Å². The first-order valence-corrected chi connectivity index (χ1v) is 9.78. The molecule has 0 bridgehead atoms. The van der Waals surface area contributed by atoms with Gasteiger partial charge in [0.15, 0.2) is 0 Å². The summed E-state index contributed by atoms with van der Waals surface area (Å²) < 4.78 is 15.7. The predicted octanol–water partition coefficient (Wildman–Crippen LogP) is 4.38. The molecule has 1 amide bonds. The molecule has 0 unspecified atom stereocenters. The Hall–Kier alpha value is -3.55. The normalized spacial score (nSPS) is 11.7. The number of rotatable bonds is 6. The first kappa shape index (κ1) is 19.8. The number of hydrogen-bond donors (Lipinski definition) is 2. The number of aromatic nitrogens is 5. The van der Waals surface area contributed by atoms with Crippen LogP contribution >= 0.6 is 0 Å². The zero-order valence-electron chi connectivity index (χ0n) is 17.1. The molecule has 8 heteroatoms. The van der Waals surface area contributed by atoms with Crippen molar-refractivity contribution in [2.75, 3.05) is 5.32 Å². The van der Waals surface area contributed by atoms with Crippen molar-refractivity contribution in [3.8, 4) is 11.4 Å². The summed E-state index contributed by atoms with van der Waals surface area (Å²) in [6.45, 7) is 5.22. The van der Waals surface area contributed by atoms with Crippen LogP contribution in [0.5, 0.6) is 0 Å². The van der Waals surface area contributed by atoms with Crippen molar-refractivity contribution in [3.05, 3.63) is 60.0 Å². The van der Waals surface area contributed by atoms with E-state index in [0.717, 1.165) is 17.3 Å². The minimum absolute atomic E-state index is 0.125. The van der Waals surface area contributed by atoms with Crippen LogP contribution in [0, 0.1) is 0 Å². The summed E-state index contributed by atoms with van der Waals surface area (Å²) in [6, 6.07) is 9.29. The number of aryl methyl sites for hydroxylation is 1. The number of nitrogens with one attached hydrogen (secondary N) is 2. The number of benzene rings is 1. The lowest BCUT2D eigenvalue weighted by molar-refractivity contribution is 0.102. The van der Waals surface area contributed by atoms with Crippen molar-refractivity contribution in [2.24, 2.45) is 0 Å². The number of alkyl halides is 1. The van der Waals surface area contributed by atoms with Crippen LogP contribution in [-0.2, 0) is 13.0 Å². The zero-order chi connectivity index (χ0) is 21.3. The molecule has 4 aromatic rings. The van der Waals surface area contributed by atoms with Gasteiger partial charge in [-0.15, -0.1) is 0 Å². The zero-order valence-corrected chi connectivity index (χ0v) is 17.1. The lowest BCUT2D eigenvalue weighted by Gasteiger charge is -2.14. The summed E-state index contributed by atoms with van der Waals surface area (Å²) >= 11 is 0. The number of anilines is 1. The van der Waals surface area contributed by atoms with Gasteiger partial charge >= 0.3 is 0 Å². The fourth-order valence-electron chi connectivity index (χ4n) is 3.25. The fourth-order valence-corrected chi connectivity index (χ4v) is 3.25. The van der Waals surface area contributed by atoms with Crippen LogP contribution in [0.3, 0.4) is 0 Å². The quantitative estimate of drug-likeness (QED) is 0.497. The minimum Gasteiger partial charge on any atom is -0.319 e. The Morgan fingerprint density at radius 2 is 1.97 bits per heavy atom. The third-order valence-corrected chi connectivity index (χ3v) is 4.82. The second-order valence-electron chi connectivity index (χ2n) is 7.81. The van der Waals surface area contributed by atoms with Crippen molar-refractivity contribution in [2.45, 2.75) is 39.4 Å². The summed E-state index contributed by atoms with van der Waals surface area (Å²) in [5.74, 6) is -0.231. The number of nitrogens with zero attached hydrogens (tertiary/aromatic N) is 4. The van der Waals surface area contributed by atoms with Crippen molar-refractivity contribution in [3.63, 3.8) is 0 Å². The first-order valence-electron chi connectivity index (χ1n) is 9.78. The van der Waals surface area contributed by atoms with E-state index in [-0.39, 0.29) is 12.5 Å². The molecule has 0 aliphatic rings. The van der Waals surface area contributed by atoms with Crippen molar-refractivity contribution >= 4 is 22.5 Å². The summed E-state index contributed by atoms with van der Waals surface area (Å²) in [7, 11) is 0. The second kappa shape index (κ2) is 7.70. The van der Waals surface area contributed by atoms with Gasteiger partial charge in [0.25, 0.3) is 5.91 Å². The van der Waals surface area contributed by atoms with Gasteiger partial charge in [-0.25, -0.2) is 4.39 Å². The highest BCUT2D eigenvalue weighted by Crippen LogP contribution is 2.27. The van der Waals surface area contributed by atoms with Crippen LogP contribution in [0.1, 0.15) is 36.7 Å². The Labute approximate surface area is 173 Å². The molecule has 0 radical (unpaired) electrons. The number of pyridine rings is 1. The Morgan fingerprint density at radius 3 is 2.67 bits per heavy atom. The maximum atomic E-state index is 14.1. The van der Waals surface area contributed by atoms with Crippen LogP contribution in [-0.4, -0.2) is 36.5 Å². The lowest BCUT2D eigenvalue weighted by atomic mass is 10.1. The highest BCUT2D eigenvalue weighted by atomic mass is 19.1. The molecule has 154 valence electrons. The Bertz CT molecular complexity index is 1190. The summed E-state index contributed by atoms with van der Waals surface area (Å²) in [4.78, 5) is 17.1. The second-order valence-corrected chi connectivity index (χ2v) is 7.81. The third kappa shape index (κ3) is 4.07. The van der Waals surface area contributed by atoms with Crippen LogP contribution in [0.15, 0.2) is 48.9 Å². The third-order valence-electron chi connectivity index (χ3n) is 4.82. The lowest BCUT2D eigenvalue weighted by Crippen LogP contribution is -2.21. The Kier molecular flexibility index (Phi) is 5.07. The van der Waals surface area contributed by atoms with Crippen LogP contribution in [0.25, 0.3) is 22.3 Å².